The Morgan fingerprint density at radius 2 is 1.92 bits per heavy atom. The van der Waals surface area contributed by atoms with Gasteiger partial charge in [0.05, 0.1) is 23.1 Å². The normalized spacial score (nSPS) is 13.0. The molecular formula is C26H23F4N5O3S. The number of aromatic amines is 1. The van der Waals surface area contributed by atoms with Gasteiger partial charge in [0.1, 0.15) is 17.2 Å². The van der Waals surface area contributed by atoms with Crippen molar-refractivity contribution in [3.05, 3.63) is 87.5 Å². The first-order chi connectivity index (χ1) is 18.4. The van der Waals surface area contributed by atoms with Gasteiger partial charge in [0.25, 0.3) is 5.56 Å². The summed E-state index contributed by atoms with van der Waals surface area (Å²) in [7, 11) is 1.62. The summed E-state index contributed by atoms with van der Waals surface area (Å²) in [6.07, 6.45) is -0.988. The highest BCUT2D eigenvalue weighted by molar-refractivity contribution is 7.77. The van der Waals surface area contributed by atoms with E-state index < -0.39 is 28.8 Å². The van der Waals surface area contributed by atoms with Crippen molar-refractivity contribution in [1.82, 2.24) is 23.8 Å². The maximum Gasteiger partial charge on any atom is 0.416 e. The topological polar surface area (TPSA) is 105 Å². The number of aryl methyl sites for hydroxylation is 2. The molecular weight excluding hydrogens is 538 g/mol. The Kier molecular flexibility index (Phi) is 6.91. The first-order valence-corrected chi connectivity index (χ1v) is 12.9. The molecule has 5 rings (SSSR count). The van der Waals surface area contributed by atoms with Gasteiger partial charge < -0.3 is 14.1 Å². The fourth-order valence-corrected chi connectivity index (χ4v) is 5.05. The molecule has 0 fully saturated rings. The molecule has 3 aromatic heterocycles. The highest BCUT2D eigenvalue weighted by Crippen LogP contribution is 2.34. The van der Waals surface area contributed by atoms with Gasteiger partial charge in [0.15, 0.2) is 0 Å². The minimum atomic E-state index is -4.63. The van der Waals surface area contributed by atoms with Gasteiger partial charge in [-0.05, 0) is 60.9 Å². The Hall–Kier alpha value is -3.81. The molecule has 0 spiro atoms. The lowest BCUT2D eigenvalue weighted by atomic mass is 9.99. The highest BCUT2D eigenvalue weighted by atomic mass is 32.2. The molecule has 0 bridgehead atoms. The van der Waals surface area contributed by atoms with E-state index in [0.717, 1.165) is 12.1 Å². The SMILES string of the molecule is Cc1nc2c(CCNS(=O)O)cc(-c3cn(C)c(=O)c4[nH]ccc34)cc2n1Cc1cc(C(F)(F)F)ccc1F. The zero-order valence-corrected chi connectivity index (χ0v) is 21.6. The predicted molar refractivity (Wildman–Crippen MR) is 140 cm³/mol. The van der Waals surface area contributed by atoms with E-state index in [0.29, 0.717) is 56.9 Å². The van der Waals surface area contributed by atoms with Crippen LogP contribution in [0.2, 0.25) is 0 Å². The van der Waals surface area contributed by atoms with Crippen LogP contribution in [0.25, 0.3) is 33.1 Å². The van der Waals surface area contributed by atoms with Crippen molar-refractivity contribution < 1.29 is 26.3 Å². The van der Waals surface area contributed by atoms with Crippen molar-refractivity contribution in [3.63, 3.8) is 0 Å². The maximum absolute atomic E-state index is 14.7. The molecule has 1 unspecified atom stereocenters. The van der Waals surface area contributed by atoms with E-state index in [4.69, 9.17) is 4.55 Å². The van der Waals surface area contributed by atoms with Crippen molar-refractivity contribution in [2.45, 2.75) is 26.1 Å². The molecule has 8 nitrogen and oxygen atoms in total. The number of rotatable bonds is 7. The van der Waals surface area contributed by atoms with Crippen LogP contribution < -0.4 is 10.3 Å². The zero-order chi connectivity index (χ0) is 28.1. The van der Waals surface area contributed by atoms with Crippen molar-refractivity contribution in [2.24, 2.45) is 7.05 Å². The number of hydrogen-bond acceptors (Lipinski definition) is 3. The van der Waals surface area contributed by atoms with Gasteiger partial charge in [-0.3, -0.25) is 9.35 Å². The largest absolute Gasteiger partial charge is 0.416 e. The van der Waals surface area contributed by atoms with Crippen LogP contribution in [0.15, 0.2) is 53.6 Å². The van der Waals surface area contributed by atoms with Crippen molar-refractivity contribution in [1.29, 1.82) is 0 Å². The van der Waals surface area contributed by atoms with E-state index in [1.54, 1.807) is 43.1 Å². The van der Waals surface area contributed by atoms with Crippen LogP contribution in [0.5, 0.6) is 0 Å². The fourth-order valence-electron chi connectivity index (χ4n) is 4.77. The number of nitrogens with zero attached hydrogens (tertiary/aromatic N) is 3. The lowest BCUT2D eigenvalue weighted by molar-refractivity contribution is -0.137. The molecule has 0 amide bonds. The minimum absolute atomic E-state index is 0.142. The summed E-state index contributed by atoms with van der Waals surface area (Å²) in [5.41, 5.74) is 2.27. The van der Waals surface area contributed by atoms with Crippen LogP contribution in [-0.4, -0.2) is 34.4 Å². The molecule has 3 N–H and O–H groups in total. The molecule has 0 aliphatic rings. The number of pyridine rings is 1. The van der Waals surface area contributed by atoms with Crippen LogP contribution in [0, 0.1) is 12.7 Å². The van der Waals surface area contributed by atoms with E-state index >= 15 is 0 Å². The van der Waals surface area contributed by atoms with Gasteiger partial charge in [-0.15, -0.1) is 0 Å². The summed E-state index contributed by atoms with van der Waals surface area (Å²) in [6.45, 7) is 1.61. The second-order valence-electron chi connectivity index (χ2n) is 9.17. The second-order valence-corrected chi connectivity index (χ2v) is 9.96. The Morgan fingerprint density at radius 1 is 1.15 bits per heavy atom. The smallest absolute Gasteiger partial charge is 0.357 e. The molecule has 5 aromatic rings. The van der Waals surface area contributed by atoms with Gasteiger partial charge in [-0.2, -0.15) is 13.2 Å². The highest BCUT2D eigenvalue weighted by Gasteiger charge is 2.31. The molecule has 0 aliphatic heterocycles. The lowest BCUT2D eigenvalue weighted by Crippen LogP contribution is -2.19. The number of aromatic nitrogens is 4. The molecule has 39 heavy (non-hydrogen) atoms. The summed E-state index contributed by atoms with van der Waals surface area (Å²) in [4.78, 5) is 20.2. The number of hydrogen-bond donors (Lipinski definition) is 3. The standard InChI is InChI=1S/C26H23F4N5O3S/c1-14-33-23-15(5-8-32-39(37)38)9-16(20-13-34(2)25(36)24-19(20)6-7-31-24)11-22(23)35(14)12-17-10-18(26(28,29)30)3-4-21(17)27/h3-4,6-7,9-11,13,31-32H,5,8,12H2,1-2H3,(H,37,38). The number of H-pyrrole nitrogens is 1. The van der Waals surface area contributed by atoms with Gasteiger partial charge in [0.2, 0.25) is 11.3 Å². The molecule has 2 aromatic carbocycles. The Morgan fingerprint density at radius 3 is 2.64 bits per heavy atom. The van der Waals surface area contributed by atoms with Crippen molar-refractivity contribution in [3.8, 4) is 11.1 Å². The molecule has 0 radical (unpaired) electrons. The number of benzene rings is 2. The van der Waals surface area contributed by atoms with Gasteiger partial charge in [0, 0.05) is 42.5 Å². The van der Waals surface area contributed by atoms with Gasteiger partial charge >= 0.3 is 6.18 Å². The van der Waals surface area contributed by atoms with E-state index in [1.165, 1.54) is 4.57 Å². The van der Waals surface area contributed by atoms with E-state index in [1.807, 2.05) is 6.07 Å². The molecule has 3 heterocycles. The summed E-state index contributed by atoms with van der Waals surface area (Å²) in [5.74, 6) is -0.325. The average molecular weight is 562 g/mol. The molecule has 0 saturated heterocycles. The number of halogens is 4. The third-order valence-electron chi connectivity index (χ3n) is 6.65. The van der Waals surface area contributed by atoms with Crippen LogP contribution in [0.4, 0.5) is 17.6 Å². The van der Waals surface area contributed by atoms with E-state index in [-0.39, 0.29) is 24.2 Å². The summed E-state index contributed by atoms with van der Waals surface area (Å²) >= 11 is -2.22. The average Bonchev–Trinajstić information content (AvgIpc) is 3.47. The lowest BCUT2D eigenvalue weighted by Gasteiger charge is -2.14. The third kappa shape index (κ3) is 5.12. The molecule has 204 valence electrons. The predicted octanol–water partition coefficient (Wildman–Crippen LogP) is 4.67. The summed E-state index contributed by atoms with van der Waals surface area (Å²) in [5, 5.41) is 0.671. The molecule has 0 aliphatic carbocycles. The number of fused-ring (bicyclic) bond motifs is 2. The first kappa shape index (κ1) is 26.8. The summed E-state index contributed by atoms with van der Waals surface area (Å²) in [6, 6.07) is 7.73. The number of nitrogens with one attached hydrogen (secondary N) is 2. The van der Waals surface area contributed by atoms with Gasteiger partial charge in [-0.1, -0.05) is 0 Å². The number of alkyl halides is 3. The van der Waals surface area contributed by atoms with Gasteiger partial charge in [-0.25, -0.2) is 18.3 Å². The zero-order valence-electron chi connectivity index (χ0n) is 20.8. The first-order valence-electron chi connectivity index (χ1n) is 11.8. The van der Waals surface area contributed by atoms with Crippen LogP contribution >= 0.6 is 0 Å². The monoisotopic (exact) mass is 561 g/mol. The quantitative estimate of drug-likeness (QED) is 0.199. The minimum Gasteiger partial charge on any atom is -0.357 e. The summed E-state index contributed by atoms with van der Waals surface area (Å²) < 4.78 is 80.4. The number of imidazole rings is 1. The van der Waals surface area contributed by atoms with E-state index in [2.05, 4.69) is 14.7 Å². The Labute approximate surface area is 221 Å². The Balaban J connectivity index is 1.71. The second kappa shape index (κ2) is 10.1. The van der Waals surface area contributed by atoms with E-state index in [9.17, 15) is 26.6 Å². The van der Waals surface area contributed by atoms with Crippen LogP contribution in [0.3, 0.4) is 0 Å². The van der Waals surface area contributed by atoms with Crippen LogP contribution in [-0.2, 0) is 37.5 Å². The molecule has 0 saturated carbocycles. The molecule has 13 heteroatoms. The fraction of sp³-hybridized carbons (Fsp3) is 0.231. The van der Waals surface area contributed by atoms with Crippen molar-refractivity contribution >= 4 is 33.2 Å². The van der Waals surface area contributed by atoms with Crippen LogP contribution in [0.1, 0.15) is 22.5 Å². The molecule has 1 atom stereocenters. The van der Waals surface area contributed by atoms with Crippen molar-refractivity contribution in [2.75, 3.05) is 6.54 Å². The Bertz CT molecular complexity index is 1810. The third-order valence-corrected chi connectivity index (χ3v) is 7.10. The maximum atomic E-state index is 14.7.